The molecule has 24 heavy (non-hydrogen) atoms. The Morgan fingerprint density at radius 1 is 1.12 bits per heavy atom. The van der Waals surface area contributed by atoms with Crippen LogP contribution in [-0.2, 0) is 16.1 Å². The van der Waals surface area contributed by atoms with Crippen molar-refractivity contribution in [2.75, 3.05) is 0 Å². The van der Waals surface area contributed by atoms with Gasteiger partial charge >= 0.3 is 12.1 Å². The second kappa shape index (κ2) is 10.1. The Labute approximate surface area is 140 Å². The Kier molecular flexibility index (Phi) is 8.06. The van der Waals surface area contributed by atoms with E-state index in [1.807, 2.05) is 44.2 Å². The van der Waals surface area contributed by atoms with Crippen LogP contribution in [0.2, 0.25) is 0 Å². The lowest BCUT2D eigenvalue weighted by Gasteiger charge is -2.20. The minimum Gasteiger partial charge on any atom is -0.445 e. The zero-order chi connectivity index (χ0) is 17.9. The SMILES string of the molecule is CC(C)C[C@H](NC(=O)OCc1ccccc1)C(=O)NNC(=O)NN. The third-order valence-electron chi connectivity index (χ3n) is 2.96. The van der Waals surface area contributed by atoms with Crippen molar-refractivity contribution >= 4 is 18.0 Å². The molecule has 1 aromatic rings. The molecule has 132 valence electrons. The maximum Gasteiger partial charge on any atom is 0.408 e. The van der Waals surface area contributed by atoms with Crippen LogP contribution in [0, 0.1) is 5.92 Å². The van der Waals surface area contributed by atoms with Crippen molar-refractivity contribution in [3.05, 3.63) is 35.9 Å². The minimum atomic E-state index is -0.855. The molecule has 1 rings (SSSR count). The highest BCUT2D eigenvalue weighted by molar-refractivity contribution is 5.87. The molecule has 0 aliphatic carbocycles. The number of amides is 4. The van der Waals surface area contributed by atoms with Crippen LogP contribution in [0.25, 0.3) is 0 Å². The fourth-order valence-corrected chi connectivity index (χ4v) is 1.85. The summed E-state index contributed by atoms with van der Waals surface area (Å²) in [7, 11) is 0. The van der Waals surface area contributed by atoms with E-state index >= 15 is 0 Å². The highest BCUT2D eigenvalue weighted by Crippen LogP contribution is 2.06. The number of nitrogens with two attached hydrogens (primary N) is 1. The Bertz CT molecular complexity index is 550. The van der Waals surface area contributed by atoms with E-state index in [1.165, 1.54) is 0 Å². The van der Waals surface area contributed by atoms with E-state index in [1.54, 1.807) is 5.43 Å². The smallest absolute Gasteiger partial charge is 0.408 e. The number of alkyl carbamates (subject to hydrolysis) is 1. The first-order valence-electron chi connectivity index (χ1n) is 7.46. The van der Waals surface area contributed by atoms with Crippen molar-refractivity contribution in [2.24, 2.45) is 11.8 Å². The van der Waals surface area contributed by atoms with Crippen molar-refractivity contribution in [3.8, 4) is 0 Å². The van der Waals surface area contributed by atoms with Gasteiger partial charge in [0.2, 0.25) is 0 Å². The average molecular weight is 337 g/mol. The summed E-state index contributed by atoms with van der Waals surface area (Å²) in [5.74, 6) is 4.45. The molecule has 0 unspecified atom stereocenters. The number of carbonyl (C=O) groups excluding carboxylic acids is 3. The molecule has 0 aliphatic heterocycles. The molecule has 1 aromatic carbocycles. The summed E-state index contributed by atoms with van der Waals surface area (Å²) in [5, 5.41) is 2.48. The van der Waals surface area contributed by atoms with Crippen molar-refractivity contribution < 1.29 is 19.1 Å². The van der Waals surface area contributed by atoms with Gasteiger partial charge in [-0.25, -0.2) is 20.9 Å². The van der Waals surface area contributed by atoms with Gasteiger partial charge in [-0.3, -0.25) is 15.6 Å². The van der Waals surface area contributed by atoms with Crippen molar-refractivity contribution in [1.29, 1.82) is 0 Å². The summed E-state index contributed by atoms with van der Waals surface area (Å²) >= 11 is 0. The molecule has 0 aromatic heterocycles. The van der Waals surface area contributed by atoms with E-state index in [4.69, 9.17) is 10.6 Å². The quantitative estimate of drug-likeness (QED) is 0.293. The first-order chi connectivity index (χ1) is 11.4. The van der Waals surface area contributed by atoms with Crippen LogP contribution in [0.4, 0.5) is 9.59 Å². The van der Waals surface area contributed by atoms with Crippen LogP contribution in [0.15, 0.2) is 30.3 Å². The van der Waals surface area contributed by atoms with Crippen LogP contribution in [0.3, 0.4) is 0 Å². The maximum absolute atomic E-state index is 12.0. The molecular formula is C15H23N5O4. The molecule has 1 atom stereocenters. The first-order valence-corrected chi connectivity index (χ1v) is 7.46. The summed E-state index contributed by atoms with van der Waals surface area (Å²) in [6.07, 6.45) is -0.346. The summed E-state index contributed by atoms with van der Waals surface area (Å²) < 4.78 is 5.09. The Balaban J connectivity index is 2.52. The van der Waals surface area contributed by atoms with Gasteiger partial charge in [-0.15, -0.1) is 0 Å². The second-order valence-corrected chi connectivity index (χ2v) is 5.48. The lowest BCUT2D eigenvalue weighted by Crippen LogP contribution is -2.55. The number of carbonyl (C=O) groups is 3. The number of benzene rings is 1. The number of ether oxygens (including phenoxy) is 1. The Hall–Kier alpha value is -2.81. The van der Waals surface area contributed by atoms with E-state index in [0.717, 1.165) is 5.56 Å². The molecule has 0 spiro atoms. The van der Waals surface area contributed by atoms with Crippen LogP contribution in [-0.4, -0.2) is 24.1 Å². The lowest BCUT2D eigenvalue weighted by atomic mass is 10.0. The third kappa shape index (κ3) is 7.45. The highest BCUT2D eigenvalue weighted by atomic mass is 16.5. The topological polar surface area (TPSA) is 135 Å². The number of hydrazine groups is 2. The average Bonchev–Trinajstić information content (AvgIpc) is 2.57. The molecule has 0 aliphatic rings. The fraction of sp³-hybridized carbons (Fsp3) is 0.400. The standard InChI is InChI=1S/C15H23N5O4/c1-10(2)8-12(13(21)19-20-14(22)18-16)17-15(23)24-9-11-6-4-3-5-7-11/h3-7,10,12H,8-9,16H2,1-2H3,(H,17,23)(H,19,21)(H2,18,20,22)/t12-/m0/s1. The van der Waals surface area contributed by atoms with Crippen molar-refractivity contribution in [1.82, 2.24) is 21.6 Å². The van der Waals surface area contributed by atoms with Gasteiger partial charge in [-0.1, -0.05) is 44.2 Å². The van der Waals surface area contributed by atoms with Gasteiger partial charge in [0.25, 0.3) is 5.91 Å². The molecule has 0 saturated carbocycles. The lowest BCUT2D eigenvalue weighted by molar-refractivity contribution is -0.124. The predicted molar refractivity (Wildman–Crippen MR) is 87.0 cm³/mol. The molecule has 6 N–H and O–H groups in total. The van der Waals surface area contributed by atoms with Gasteiger partial charge in [-0.2, -0.15) is 0 Å². The summed E-state index contributed by atoms with van der Waals surface area (Å²) in [4.78, 5) is 34.9. The molecule has 0 heterocycles. The number of hydrogen-bond acceptors (Lipinski definition) is 5. The van der Waals surface area contributed by atoms with E-state index in [0.29, 0.717) is 6.42 Å². The maximum atomic E-state index is 12.0. The molecule has 0 radical (unpaired) electrons. The molecule has 9 heteroatoms. The van der Waals surface area contributed by atoms with Crippen LogP contribution in [0.5, 0.6) is 0 Å². The molecule has 0 fully saturated rings. The van der Waals surface area contributed by atoms with Crippen LogP contribution < -0.4 is 27.4 Å². The largest absolute Gasteiger partial charge is 0.445 e. The van der Waals surface area contributed by atoms with Gasteiger partial charge in [0, 0.05) is 0 Å². The Morgan fingerprint density at radius 3 is 2.38 bits per heavy atom. The number of urea groups is 1. The van der Waals surface area contributed by atoms with Gasteiger partial charge in [0.1, 0.15) is 12.6 Å². The summed E-state index contributed by atoms with van der Waals surface area (Å²) in [6, 6.07) is 7.53. The summed E-state index contributed by atoms with van der Waals surface area (Å²) in [6.45, 7) is 3.89. The summed E-state index contributed by atoms with van der Waals surface area (Å²) in [5.41, 5.74) is 6.85. The third-order valence-corrected chi connectivity index (χ3v) is 2.96. The van der Waals surface area contributed by atoms with E-state index < -0.39 is 24.1 Å². The minimum absolute atomic E-state index is 0.0938. The zero-order valence-corrected chi connectivity index (χ0v) is 13.7. The fourth-order valence-electron chi connectivity index (χ4n) is 1.85. The predicted octanol–water partition coefficient (Wildman–Crippen LogP) is 0.532. The number of nitrogens with one attached hydrogen (secondary N) is 4. The highest BCUT2D eigenvalue weighted by Gasteiger charge is 2.23. The molecular weight excluding hydrogens is 314 g/mol. The molecule has 4 amide bonds. The van der Waals surface area contributed by atoms with Gasteiger partial charge in [0.05, 0.1) is 0 Å². The van der Waals surface area contributed by atoms with E-state index in [-0.39, 0.29) is 12.5 Å². The zero-order valence-electron chi connectivity index (χ0n) is 13.7. The van der Waals surface area contributed by atoms with Crippen molar-refractivity contribution in [3.63, 3.8) is 0 Å². The van der Waals surface area contributed by atoms with Gasteiger partial charge in [0.15, 0.2) is 0 Å². The molecule has 9 nitrogen and oxygen atoms in total. The Morgan fingerprint density at radius 2 is 1.79 bits per heavy atom. The molecule has 0 bridgehead atoms. The van der Waals surface area contributed by atoms with Crippen LogP contribution >= 0.6 is 0 Å². The monoisotopic (exact) mass is 337 g/mol. The van der Waals surface area contributed by atoms with E-state index in [2.05, 4.69) is 16.2 Å². The van der Waals surface area contributed by atoms with Gasteiger partial charge in [-0.05, 0) is 17.9 Å². The number of rotatable bonds is 6. The van der Waals surface area contributed by atoms with Crippen molar-refractivity contribution in [2.45, 2.75) is 32.9 Å². The number of hydrogen-bond donors (Lipinski definition) is 5. The first kappa shape index (κ1) is 19.2. The second-order valence-electron chi connectivity index (χ2n) is 5.48. The van der Waals surface area contributed by atoms with E-state index in [9.17, 15) is 14.4 Å². The van der Waals surface area contributed by atoms with Gasteiger partial charge < -0.3 is 10.1 Å². The van der Waals surface area contributed by atoms with Crippen LogP contribution in [0.1, 0.15) is 25.8 Å². The normalized spacial score (nSPS) is 11.3. The molecule has 0 saturated heterocycles.